The maximum Gasteiger partial charge on any atom is 0.222 e. The highest BCUT2D eigenvalue weighted by atomic mass is 16.5. The zero-order valence-corrected chi connectivity index (χ0v) is 12.6. The number of oxazole rings is 1. The van der Waals surface area contributed by atoms with Crippen LogP contribution in [0, 0.1) is 12.8 Å². The fourth-order valence-corrected chi connectivity index (χ4v) is 2.64. The molecule has 1 saturated heterocycles. The second kappa shape index (κ2) is 6.37. The molecule has 6 heteroatoms. The summed E-state index contributed by atoms with van der Waals surface area (Å²) in [6.45, 7) is 4.26. The molecule has 0 radical (unpaired) electrons. The van der Waals surface area contributed by atoms with E-state index in [1.807, 2.05) is 6.92 Å². The Hall–Kier alpha value is -1.40. The Bertz CT molecular complexity index is 458. The monoisotopic (exact) mass is 281 g/mol. The maximum atomic E-state index is 11.9. The van der Waals surface area contributed by atoms with E-state index in [4.69, 9.17) is 9.15 Å². The van der Waals surface area contributed by atoms with Crippen molar-refractivity contribution < 1.29 is 13.9 Å². The van der Waals surface area contributed by atoms with Gasteiger partial charge in [-0.3, -0.25) is 9.69 Å². The van der Waals surface area contributed by atoms with Crippen LogP contribution in [0.2, 0.25) is 0 Å². The third-order valence-electron chi connectivity index (χ3n) is 3.75. The normalized spacial score (nSPS) is 23.2. The number of rotatable bonds is 5. The van der Waals surface area contributed by atoms with Crippen molar-refractivity contribution in [1.29, 1.82) is 0 Å². The minimum atomic E-state index is 0.104. The van der Waals surface area contributed by atoms with Gasteiger partial charge in [-0.1, -0.05) is 0 Å². The topological polar surface area (TPSA) is 58.8 Å². The Morgan fingerprint density at radius 3 is 2.85 bits per heavy atom. The number of aromatic nitrogens is 1. The quantitative estimate of drug-likeness (QED) is 0.803. The molecular weight excluding hydrogens is 258 g/mol. The number of aryl methyl sites for hydroxylation is 1. The molecule has 20 heavy (non-hydrogen) atoms. The van der Waals surface area contributed by atoms with Gasteiger partial charge < -0.3 is 14.1 Å². The van der Waals surface area contributed by atoms with E-state index in [1.54, 1.807) is 32.4 Å². The van der Waals surface area contributed by atoms with Crippen LogP contribution in [0.15, 0.2) is 10.7 Å². The molecule has 0 aromatic carbocycles. The maximum absolute atomic E-state index is 11.9. The second-order valence-electron chi connectivity index (χ2n) is 5.58. The molecule has 0 bridgehead atoms. The third kappa shape index (κ3) is 3.58. The average molecular weight is 281 g/mol. The predicted octanol–water partition coefficient (Wildman–Crippen LogP) is 0.908. The van der Waals surface area contributed by atoms with Crippen molar-refractivity contribution in [3.05, 3.63) is 17.8 Å². The Kier molecular flexibility index (Phi) is 4.77. The number of nitrogens with zero attached hydrogens (tertiary/aromatic N) is 3. The SMILES string of the molecule is CO[C@H]1CN(Cc2coc(C)n2)C[C@H]1CC(=O)N(C)C. The molecule has 6 nitrogen and oxygen atoms in total. The summed E-state index contributed by atoms with van der Waals surface area (Å²) in [6, 6.07) is 0. The molecule has 112 valence electrons. The molecule has 0 aliphatic carbocycles. The van der Waals surface area contributed by atoms with Gasteiger partial charge >= 0.3 is 0 Å². The van der Waals surface area contributed by atoms with E-state index in [1.165, 1.54) is 0 Å². The van der Waals surface area contributed by atoms with Crippen LogP contribution in [0.1, 0.15) is 18.0 Å². The van der Waals surface area contributed by atoms with Crippen molar-refractivity contribution >= 4 is 5.91 Å². The molecule has 1 amide bonds. The zero-order chi connectivity index (χ0) is 14.7. The minimum Gasteiger partial charge on any atom is -0.449 e. The molecule has 2 atom stereocenters. The highest BCUT2D eigenvalue weighted by Crippen LogP contribution is 2.24. The number of likely N-dealkylation sites (tertiary alicyclic amines) is 1. The Morgan fingerprint density at radius 1 is 1.55 bits per heavy atom. The lowest BCUT2D eigenvalue weighted by molar-refractivity contribution is -0.130. The number of carbonyl (C=O) groups excluding carboxylic acids is 1. The van der Waals surface area contributed by atoms with Gasteiger partial charge in [-0.05, 0) is 0 Å². The fourth-order valence-electron chi connectivity index (χ4n) is 2.64. The van der Waals surface area contributed by atoms with Gasteiger partial charge in [-0.2, -0.15) is 0 Å². The molecule has 0 N–H and O–H groups in total. The highest BCUT2D eigenvalue weighted by Gasteiger charge is 2.34. The standard InChI is InChI=1S/C14H23N3O3/c1-10-15-12(9-20-10)7-17-6-11(13(8-17)19-4)5-14(18)16(2)3/h9,11,13H,5-8H2,1-4H3/t11-,13+/m1/s1. The first kappa shape index (κ1) is 15.0. The molecule has 1 aromatic heterocycles. The van der Waals surface area contributed by atoms with Gasteiger partial charge in [0.1, 0.15) is 6.26 Å². The molecule has 1 aromatic rings. The van der Waals surface area contributed by atoms with Gasteiger partial charge in [0.25, 0.3) is 0 Å². The van der Waals surface area contributed by atoms with Gasteiger partial charge in [0.2, 0.25) is 5.91 Å². The molecule has 0 unspecified atom stereocenters. The molecule has 1 aliphatic rings. The van der Waals surface area contributed by atoms with E-state index >= 15 is 0 Å². The predicted molar refractivity (Wildman–Crippen MR) is 74.1 cm³/mol. The van der Waals surface area contributed by atoms with Crippen LogP contribution in [-0.4, -0.2) is 61.1 Å². The molecule has 0 spiro atoms. The third-order valence-corrected chi connectivity index (χ3v) is 3.75. The van der Waals surface area contributed by atoms with Gasteiger partial charge in [0.05, 0.1) is 11.8 Å². The molecular formula is C14H23N3O3. The second-order valence-corrected chi connectivity index (χ2v) is 5.58. The van der Waals surface area contributed by atoms with Crippen LogP contribution in [-0.2, 0) is 16.1 Å². The number of carbonyl (C=O) groups is 1. The first-order chi connectivity index (χ1) is 9.49. The van der Waals surface area contributed by atoms with Crippen LogP contribution in [0.25, 0.3) is 0 Å². The van der Waals surface area contributed by atoms with Gasteiger partial charge in [-0.25, -0.2) is 4.98 Å². The van der Waals surface area contributed by atoms with Crippen LogP contribution >= 0.6 is 0 Å². The molecule has 0 saturated carbocycles. The van der Waals surface area contributed by atoms with Crippen molar-refractivity contribution in [2.45, 2.75) is 26.0 Å². The summed E-state index contributed by atoms with van der Waals surface area (Å²) < 4.78 is 10.7. The summed E-state index contributed by atoms with van der Waals surface area (Å²) >= 11 is 0. The molecule has 2 rings (SSSR count). The van der Waals surface area contributed by atoms with Gasteiger partial charge in [0.15, 0.2) is 5.89 Å². The first-order valence-electron chi connectivity index (χ1n) is 6.86. The Morgan fingerprint density at radius 2 is 2.30 bits per heavy atom. The van der Waals surface area contributed by atoms with Crippen molar-refractivity contribution in [1.82, 2.24) is 14.8 Å². The van der Waals surface area contributed by atoms with E-state index < -0.39 is 0 Å². The van der Waals surface area contributed by atoms with Crippen molar-refractivity contribution in [3.8, 4) is 0 Å². The lowest BCUT2D eigenvalue weighted by Gasteiger charge is -2.18. The van der Waals surface area contributed by atoms with Crippen LogP contribution < -0.4 is 0 Å². The van der Waals surface area contributed by atoms with Crippen molar-refractivity contribution in [3.63, 3.8) is 0 Å². The summed E-state index contributed by atoms with van der Waals surface area (Å²) in [4.78, 5) is 20.1. The van der Waals surface area contributed by atoms with Crippen LogP contribution in [0.5, 0.6) is 0 Å². The number of methoxy groups -OCH3 is 1. The average Bonchev–Trinajstić information content (AvgIpc) is 2.96. The van der Waals surface area contributed by atoms with E-state index in [2.05, 4.69) is 9.88 Å². The van der Waals surface area contributed by atoms with Crippen molar-refractivity contribution in [2.75, 3.05) is 34.3 Å². The summed E-state index contributed by atoms with van der Waals surface area (Å²) in [5, 5.41) is 0. The largest absolute Gasteiger partial charge is 0.449 e. The van der Waals surface area contributed by atoms with E-state index in [0.29, 0.717) is 12.3 Å². The van der Waals surface area contributed by atoms with Crippen LogP contribution in [0.3, 0.4) is 0 Å². The zero-order valence-electron chi connectivity index (χ0n) is 12.6. The Balaban J connectivity index is 1.93. The molecule has 1 aliphatic heterocycles. The lowest BCUT2D eigenvalue weighted by atomic mass is 10.0. The van der Waals surface area contributed by atoms with E-state index in [9.17, 15) is 4.79 Å². The number of hydrogen-bond donors (Lipinski definition) is 0. The molecule has 2 heterocycles. The Labute approximate surface area is 119 Å². The minimum absolute atomic E-state index is 0.104. The molecule has 1 fully saturated rings. The lowest BCUT2D eigenvalue weighted by Crippen LogP contribution is -2.29. The summed E-state index contributed by atoms with van der Waals surface area (Å²) in [5.74, 6) is 1.07. The summed E-state index contributed by atoms with van der Waals surface area (Å²) in [6.07, 6.45) is 2.32. The highest BCUT2D eigenvalue weighted by molar-refractivity contribution is 5.75. The van der Waals surface area contributed by atoms with Gasteiger partial charge in [0, 0.05) is 60.1 Å². The number of amides is 1. The summed E-state index contributed by atoms with van der Waals surface area (Å²) in [7, 11) is 5.28. The van der Waals surface area contributed by atoms with Crippen LogP contribution in [0.4, 0.5) is 0 Å². The first-order valence-corrected chi connectivity index (χ1v) is 6.86. The number of hydrogen-bond acceptors (Lipinski definition) is 5. The number of ether oxygens (including phenoxy) is 1. The fraction of sp³-hybridized carbons (Fsp3) is 0.714. The van der Waals surface area contributed by atoms with Crippen molar-refractivity contribution in [2.24, 2.45) is 5.92 Å². The summed E-state index contributed by atoms with van der Waals surface area (Å²) in [5.41, 5.74) is 0.928. The van der Waals surface area contributed by atoms with Gasteiger partial charge in [-0.15, -0.1) is 0 Å². The van der Waals surface area contributed by atoms with E-state index in [-0.39, 0.29) is 17.9 Å². The van der Waals surface area contributed by atoms with E-state index in [0.717, 1.165) is 25.3 Å². The smallest absolute Gasteiger partial charge is 0.222 e.